The molecular formula is C14H19N3O3S. The van der Waals surface area contributed by atoms with Crippen LogP contribution >= 0.6 is 11.8 Å². The van der Waals surface area contributed by atoms with Crippen LogP contribution in [0.2, 0.25) is 0 Å². The molecule has 2 rings (SSSR count). The Morgan fingerprint density at radius 1 is 1.48 bits per heavy atom. The summed E-state index contributed by atoms with van der Waals surface area (Å²) in [6.45, 7) is 1.58. The summed E-state index contributed by atoms with van der Waals surface area (Å²) in [6, 6.07) is 6.67. The Balaban J connectivity index is 1.84. The van der Waals surface area contributed by atoms with E-state index in [9.17, 15) is 14.9 Å². The van der Waals surface area contributed by atoms with Gasteiger partial charge in [0.05, 0.1) is 10.7 Å². The van der Waals surface area contributed by atoms with Gasteiger partial charge in [0.25, 0.3) is 5.69 Å². The van der Waals surface area contributed by atoms with Crippen molar-refractivity contribution in [2.45, 2.75) is 23.8 Å². The van der Waals surface area contributed by atoms with Crippen LogP contribution in [0.5, 0.6) is 0 Å². The molecule has 0 aromatic heterocycles. The molecule has 1 unspecified atom stereocenters. The molecule has 1 N–H and O–H groups in total. The zero-order chi connectivity index (χ0) is 15.2. The van der Waals surface area contributed by atoms with Crippen molar-refractivity contribution >= 4 is 23.4 Å². The monoisotopic (exact) mass is 309 g/mol. The van der Waals surface area contributed by atoms with Crippen molar-refractivity contribution in [3.05, 3.63) is 34.4 Å². The fourth-order valence-corrected chi connectivity index (χ4v) is 3.14. The first-order valence-corrected chi connectivity index (χ1v) is 7.91. The van der Waals surface area contributed by atoms with Crippen LogP contribution in [0.4, 0.5) is 5.69 Å². The van der Waals surface area contributed by atoms with Gasteiger partial charge in [0.1, 0.15) is 0 Å². The Kier molecular flexibility index (Phi) is 5.58. The molecule has 1 fully saturated rings. The van der Waals surface area contributed by atoms with E-state index in [-0.39, 0.29) is 11.6 Å². The molecule has 1 aliphatic heterocycles. The van der Waals surface area contributed by atoms with Crippen molar-refractivity contribution in [1.29, 1.82) is 0 Å². The summed E-state index contributed by atoms with van der Waals surface area (Å²) < 4.78 is 0. The van der Waals surface area contributed by atoms with E-state index in [4.69, 9.17) is 0 Å². The molecule has 1 aliphatic rings. The number of nitro groups is 1. The smallest absolute Gasteiger partial charge is 0.269 e. The average molecular weight is 309 g/mol. The summed E-state index contributed by atoms with van der Waals surface area (Å²) >= 11 is 1.42. The summed E-state index contributed by atoms with van der Waals surface area (Å²) in [4.78, 5) is 25.1. The van der Waals surface area contributed by atoms with Crippen molar-refractivity contribution in [2.24, 2.45) is 0 Å². The first-order chi connectivity index (χ1) is 10.1. The number of benzene rings is 1. The third-order valence-electron chi connectivity index (χ3n) is 3.59. The number of hydrogen-bond acceptors (Lipinski definition) is 5. The Morgan fingerprint density at radius 3 is 2.81 bits per heavy atom. The van der Waals surface area contributed by atoms with Gasteiger partial charge in [0.2, 0.25) is 5.91 Å². The van der Waals surface area contributed by atoms with Crippen LogP contribution in [0.15, 0.2) is 29.2 Å². The minimum absolute atomic E-state index is 0.0681. The Labute approximate surface area is 128 Å². The standard InChI is InChI=1S/C14H19N3O3S/c1-15-11-3-2-8-16(9-11)14(18)10-21-13-6-4-12(5-7-13)17(19)20/h4-7,11,15H,2-3,8-10H2,1H3. The van der Waals surface area contributed by atoms with E-state index in [0.717, 1.165) is 30.8 Å². The number of likely N-dealkylation sites (N-methyl/N-ethyl adjacent to an activating group) is 1. The molecule has 0 aliphatic carbocycles. The Hall–Kier alpha value is -1.60. The van der Waals surface area contributed by atoms with Gasteiger partial charge in [-0.05, 0) is 32.0 Å². The van der Waals surface area contributed by atoms with E-state index < -0.39 is 4.92 Å². The number of nitrogens with zero attached hydrogens (tertiary/aromatic N) is 2. The van der Waals surface area contributed by atoms with Gasteiger partial charge in [-0.25, -0.2) is 0 Å². The van der Waals surface area contributed by atoms with Crippen molar-refractivity contribution in [3.8, 4) is 0 Å². The first kappa shape index (κ1) is 15.8. The highest BCUT2D eigenvalue weighted by Gasteiger charge is 2.22. The second-order valence-corrected chi connectivity index (χ2v) is 6.06. The van der Waals surface area contributed by atoms with Crippen molar-refractivity contribution in [2.75, 3.05) is 25.9 Å². The van der Waals surface area contributed by atoms with E-state index in [1.807, 2.05) is 11.9 Å². The number of carbonyl (C=O) groups excluding carboxylic acids is 1. The molecular weight excluding hydrogens is 290 g/mol. The molecule has 0 spiro atoms. The van der Waals surface area contributed by atoms with Crippen molar-refractivity contribution in [1.82, 2.24) is 10.2 Å². The van der Waals surface area contributed by atoms with Gasteiger partial charge in [0.15, 0.2) is 0 Å². The second-order valence-electron chi connectivity index (χ2n) is 5.01. The van der Waals surface area contributed by atoms with Crippen LogP contribution in [-0.4, -0.2) is 47.7 Å². The van der Waals surface area contributed by atoms with Gasteiger partial charge >= 0.3 is 0 Å². The minimum atomic E-state index is -0.425. The highest BCUT2D eigenvalue weighted by molar-refractivity contribution is 8.00. The third kappa shape index (κ3) is 4.44. The topological polar surface area (TPSA) is 75.5 Å². The summed E-state index contributed by atoms with van der Waals surface area (Å²) in [6.07, 6.45) is 2.13. The number of likely N-dealkylation sites (tertiary alicyclic amines) is 1. The molecule has 0 bridgehead atoms. The number of nitro benzene ring substituents is 1. The molecule has 1 heterocycles. The average Bonchev–Trinajstić information content (AvgIpc) is 2.53. The number of nitrogens with one attached hydrogen (secondary N) is 1. The fraction of sp³-hybridized carbons (Fsp3) is 0.500. The van der Waals surface area contributed by atoms with Crippen LogP contribution in [0.3, 0.4) is 0 Å². The number of hydrogen-bond donors (Lipinski definition) is 1. The van der Waals surface area contributed by atoms with Gasteiger partial charge in [-0.2, -0.15) is 0 Å². The van der Waals surface area contributed by atoms with Gasteiger partial charge in [-0.15, -0.1) is 11.8 Å². The summed E-state index contributed by atoms with van der Waals surface area (Å²) in [5, 5.41) is 13.8. The molecule has 7 heteroatoms. The summed E-state index contributed by atoms with van der Waals surface area (Å²) in [7, 11) is 1.92. The van der Waals surface area contributed by atoms with Crippen LogP contribution in [0, 0.1) is 10.1 Å². The number of piperidine rings is 1. The van der Waals surface area contributed by atoms with Crippen LogP contribution in [-0.2, 0) is 4.79 Å². The Bertz CT molecular complexity index is 507. The number of non-ortho nitro benzene ring substituents is 1. The molecule has 21 heavy (non-hydrogen) atoms. The second kappa shape index (κ2) is 7.42. The van der Waals surface area contributed by atoms with E-state index >= 15 is 0 Å². The zero-order valence-electron chi connectivity index (χ0n) is 11.9. The van der Waals surface area contributed by atoms with Gasteiger partial charge in [0, 0.05) is 36.2 Å². The number of amides is 1. The van der Waals surface area contributed by atoms with E-state index in [1.54, 1.807) is 12.1 Å². The molecule has 1 atom stereocenters. The minimum Gasteiger partial charge on any atom is -0.340 e. The summed E-state index contributed by atoms with van der Waals surface area (Å²) in [5.41, 5.74) is 0.0681. The number of carbonyl (C=O) groups is 1. The largest absolute Gasteiger partial charge is 0.340 e. The zero-order valence-corrected chi connectivity index (χ0v) is 12.8. The predicted octanol–water partition coefficient (Wildman–Crippen LogP) is 1.90. The molecule has 1 aromatic carbocycles. The number of rotatable bonds is 5. The molecule has 1 aromatic rings. The SMILES string of the molecule is CNC1CCCN(C(=O)CSc2ccc([N+](=O)[O-])cc2)C1. The lowest BCUT2D eigenvalue weighted by atomic mass is 10.1. The lowest BCUT2D eigenvalue weighted by Crippen LogP contribution is -2.47. The molecule has 1 amide bonds. The van der Waals surface area contributed by atoms with E-state index in [0.29, 0.717) is 11.8 Å². The van der Waals surface area contributed by atoms with E-state index in [2.05, 4.69) is 5.32 Å². The Morgan fingerprint density at radius 2 is 2.19 bits per heavy atom. The molecule has 1 saturated heterocycles. The number of thioether (sulfide) groups is 1. The van der Waals surface area contributed by atoms with Crippen molar-refractivity contribution in [3.63, 3.8) is 0 Å². The predicted molar refractivity (Wildman–Crippen MR) is 82.5 cm³/mol. The maximum atomic E-state index is 12.2. The lowest BCUT2D eigenvalue weighted by molar-refractivity contribution is -0.384. The molecule has 0 saturated carbocycles. The lowest BCUT2D eigenvalue weighted by Gasteiger charge is -2.32. The van der Waals surface area contributed by atoms with Crippen molar-refractivity contribution < 1.29 is 9.72 Å². The van der Waals surface area contributed by atoms with Crippen LogP contribution in [0.1, 0.15) is 12.8 Å². The maximum absolute atomic E-state index is 12.2. The van der Waals surface area contributed by atoms with Gasteiger partial charge < -0.3 is 10.2 Å². The van der Waals surface area contributed by atoms with Crippen LogP contribution in [0.25, 0.3) is 0 Å². The fourth-order valence-electron chi connectivity index (χ4n) is 2.34. The first-order valence-electron chi connectivity index (χ1n) is 6.92. The molecule has 114 valence electrons. The van der Waals surface area contributed by atoms with E-state index in [1.165, 1.54) is 23.9 Å². The highest BCUT2D eigenvalue weighted by Crippen LogP contribution is 2.22. The third-order valence-corrected chi connectivity index (χ3v) is 4.59. The summed E-state index contributed by atoms with van der Waals surface area (Å²) in [5.74, 6) is 0.493. The maximum Gasteiger partial charge on any atom is 0.269 e. The quantitative estimate of drug-likeness (QED) is 0.511. The highest BCUT2D eigenvalue weighted by atomic mass is 32.2. The van der Waals surface area contributed by atoms with Gasteiger partial charge in [-0.1, -0.05) is 0 Å². The molecule has 6 nitrogen and oxygen atoms in total. The molecule has 0 radical (unpaired) electrons. The normalized spacial score (nSPS) is 18.5. The van der Waals surface area contributed by atoms with Gasteiger partial charge in [-0.3, -0.25) is 14.9 Å². The van der Waals surface area contributed by atoms with Crippen LogP contribution < -0.4 is 5.32 Å².